The normalized spacial score (nSPS) is 11.6. The zero-order valence-corrected chi connectivity index (χ0v) is 30.0. The molecule has 1 radical (unpaired) electrons. The Balaban J connectivity index is 0.000000260. The molecule has 0 saturated heterocycles. The number of rotatable bonds is 4. The molecule has 0 N–H and O–H groups in total. The fraction of sp³-hybridized carbons (Fsp3) is 0.146. The van der Waals surface area contributed by atoms with Crippen molar-refractivity contribution in [2.75, 3.05) is 0 Å². The summed E-state index contributed by atoms with van der Waals surface area (Å²) in [5, 5.41) is 3.08. The number of furan rings is 1. The van der Waals surface area contributed by atoms with Crippen LogP contribution < -0.4 is 0 Å². The van der Waals surface area contributed by atoms with Crippen molar-refractivity contribution >= 4 is 43.5 Å². The van der Waals surface area contributed by atoms with E-state index >= 15 is 0 Å². The molecule has 47 heavy (non-hydrogen) atoms. The smallest absolute Gasteiger partial charge is 0.148 e. The molecule has 0 atom stereocenters. The van der Waals surface area contributed by atoms with Crippen LogP contribution in [-0.4, -0.2) is 15.0 Å². The summed E-state index contributed by atoms with van der Waals surface area (Å²) < 4.78 is 16.5. The third-order valence-corrected chi connectivity index (χ3v) is 9.10. The molecule has 4 aromatic heterocycles. The predicted octanol–water partition coefficient (Wildman–Crippen LogP) is 11.3. The minimum Gasteiger partial charge on any atom is -0.498 e. The summed E-state index contributed by atoms with van der Waals surface area (Å²) in [5.74, 6) is -0.812. The van der Waals surface area contributed by atoms with Crippen LogP contribution in [-0.2, 0) is 20.1 Å². The molecule has 0 aliphatic carbocycles. The van der Waals surface area contributed by atoms with Crippen molar-refractivity contribution < 1.29 is 25.9 Å². The largest absolute Gasteiger partial charge is 0.498 e. The fourth-order valence-electron chi connectivity index (χ4n) is 6.01. The predicted molar refractivity (Wildman–Crippen MR) is 191 cm³/mol. The van der Waals surface area contributed by atoms with Gasteiger partial charge in [-0.3, -0.25) is 0 Å². The van der Waals surface area contributed by atoms with Crippen LogP contribution in [0, 0.1) is 32.9 Å². The molecule has 235 valence electrons. The van der Waals surface area contributed by atoms with Crippen LogP contribution >= 0.6 is 11.3 Å². The Kier molecular flexibility index (Phi) is 9.08. The topological polar surface area (TPSA) is 51.8 Å². The number of hydrogen-bond donors (Lipinski definition) is 0. The molecule has 0 aliphatic heterocycles. The number of aryl methyl sites for hydroxylation is 3. The molecular weight excluding hydrogens is 775 g/mol. The van der Waals surface area contributed by atoms with Gasteiger partial charge in [-0.2, -0.15) is 0 Å². The zero-order valence-electron chi connectivity index (χ0n) is 27.8. The van der Waals surface area contributed by atoms with Gasteiger partial charge in [-0.05, 0) is 72.4 Å². The number of benzene rings is 4. The average molecular weight is 809 g/mol. The van der Waals surface area contributed by atoms with Gasteiger partial charge in [0.1, 0.15) is 11.1 Å². The summed E-state index contributed by atoms with van der Waals surface area (Å²) in [6.45, 7) is 10.1. The van der Waals surface area contributed by atoms with Crippen molar-refractivity contribution in [3.8, 4) is 33.6 Å². The number of fused-ring (bicyclic) bond motifs is 5. The summed E-state index contributed by atoms with van der Waals surface area (Å²) >= 11 is 1.67. The first-order valence-electron chi connectivity index (χ1n) is 15.8. The number of aromatic nitrogens is 3. The first kappa shape index (κ1) is 31.1. The van der Waals surface area contributed by atoms with E-state index < -0.39 is 5.89 Å². The Bertz CT molecular complexity index is 2320. The van der Waals surface area contributed by atoms with E-state index in [9.17, 15) is 0 Å². The molecular formula is C41H33IrN3OS-2. The molecule has 6 heteroatoms. The average Bonchev–Trinajstić information content (AvgIpc) is 3.65. The first-order chi connectivity index (χ1) is 22.7. The standard InChI is InChI=1S/C30H25N2OS.C11H8N.Ir/c1-16(2)23-14-25(31-15-24(23)27-17(3)8-6-9-18(27)4)22-11-7-10-20-21-12-13-26-28(32-19(5)34-26)30(21)33-29(20)22;1-2-6-10(7-3-1)11-8-4-5-9-12-11;/h6-10,12-16H,1-5H3;1-6,8-9H;/q2*-1;/i16D;;. The maximum atomic E-state index is 8.94. The number of thiazole rings is 1. The Hall–Kier alpha value is -4.48. The second-order valence-corrected chi connectivity index (χ2v) is 12.8. The van der Waals surface area contributed by atoms with E-state index in [1.54, 1.807) is 17.5 Å². The van der Waals surface area contributed by atoms with E-state index in [1.807, 2.05) is 87.6 Å². The molecule has 8 aromatic rings. The monoisotopic (exact) mass is 809 g/mol. The maximum Gasteiger partial charge on any atom is 0.148 e. The quantitative estimate of drug-likeness (QED) is 0.166. The van der Waals surface area contributed by atoms with Crippen LogP contribution in [0.15, 0.2) is 108 Å². The van der Waals surface area contributed by atoms with Crippen molar-refractivity contribution in [2.24, 2.45) is 0 Å². The van der Waals surface area contributed by atoms with Crippen LogP contribution in [0.4, 0.5) is 0 Å². The molecule has 0 saturated carbocycles. The summed E-state index contributed by atoms with van der Waals surface area (Å²) in [4.78, 5) is 13.8. The van der Waals surface area contributed by atoms with Crippen molar-refractivity contribution in [1.29, 1.82) is 0 Å². The second kappa shape index (κ2) is 13.7. The Labute approximate surface area is 294 Å². The Morgan fingerprint density at radius 1 is 0.787 bits per heavy atom. The molecule has 0 fully saturated rings. The van der Waals surface area contributed by atoms with Crippen molar-refractivity contribution in [3.05, 3.63) is 137 Å². The van der Waals surface area contributed by atoms with Crippen molar-refractivity contribution in [3.63, 3.8) is 0 Å². The minimum absolute atomic E-state index is 0. The molecule has 4 nitrogen and oxygen atoms in total. The van der Waals surface area contributed by atoms with Gasteiger partial charge in [0.05, 0.1) is 15.3 Å². The fourth-order valence-corrected chi connectivity index (χ4v) is 6.84. The van der Waals surface area contributed by atoms with Crippen molar-refractivity contribution in [2.45, 2.75) is 40.5 Å². The molecule has 8 rings (SSSR count). The third kappa shape index (κ3) is 6.29. The van der Waals surface area contributed by atoms with Crippen molar-refractivity contribution in [1.82, 2.24) is 15.0 Å². The van der Waals surface area contributed by atoms with E-state index in [2.05, 4.69) is 61.3 Å². The van der Waals surface area contributed by atoms with E-state index in [1.165, 1.54) is 11.1 Å². The van der Waals surface area contributed by atoms with Gasteiger partial charge in [0.15, 0.2) is 0 Å². The Morgan fingerprint density at radius 3 is 2.30 bits per heavy atom. The van der Waals surface area contributed by atoms with Gasteiger partial charge in [-0.1, -0.05) is 67.3 Å². The van der Waals surface area contributed by atoms with Gasteiger partial charge in [-0.25, -0.2) is 4.98 Å². The van der Waals surface area contributed by atoms with E-state index in [4.69, 9.17) is 15.8 Å². The number of nitrogens with zero attached hydrogens (tertiary/aromatic N) is 3. The number of pyridine rings is 2. The van der Waals surface area contributed by atoms with Crippen LogP contribution in [0.2, 0.25) is 0 Å². The van der Waals surface area contributed by atoms with Gasteiger partial charge in [-0.15, -0.1) is 65.4 Å². The summed E-state index contributed by atoms with van der Waals surface area (Å²) in [6, 6.07) is 36.7. The van der Waals surface area contributed by atoms with Gasteiger partial charge in [0.2, 0.25) is 0 Å². The van der Waals surface area contributed by atoms with Crippen LogP contribution in [0.3, 0.4) is 0 Å². The first-order valence-corrected chi connectivity index (χ1v) is 16.1. The molecule has 4 heterocycles. The Morgan fingerprint density at radius 2 is 1.57 bits per heavy atom. The SMILES string of the molecule is [2H]C(C)(C)c1cc(-c2[c-]ccc3c2oc2c3ccc3sc(C)nc32)ncc1-c1c(C)cccc1C.[Ir].[c-]1ccccc1-c1ccccn1. The maximum absolute atomic E-state index is 8.94. The van der Waals surface area contributed by atoms with Gasteiger partial charge >= 0.3 is 0 Å². The zero-order chi connectivity index (χ0) is 32.7. The van der Waals surface area contributed by atoms with E-state index in [0.29, 0.717) is 0 Å². The van der Waals surface area contributed by atoms with Gasteiger partial charge in [0.25, 0.3) is 0 Å². The van der Waals surface area contributed by atoms with Crippen LogP contribution in [0.25, 0.3) is 65.8 Å². The summed E-state index contributed by atoms with van der Waals surface area (Å²) in [5.41, 5.74) is 11.5. The molecule has 4 aromatic carbocycles. The number of hydrogen-bond acceptors (Lipinski definition) is 5. The second-order valence-electron chi connectivity index (χ2n) is 11.6. The van der Waals surface area contributed by atoms with Crippen LogP contribution in [0.5, 0.6) is 0 Å². The third-order valence-electron chi connectivity index (χ3n) is 8.16. The summed E-state index contributed by atoms with van der Waals surface area (Å²) in [7, 11) is 0. The van der Waals surface area contributed by atoms with Crippen LogP contribution in [0.1, 0.15) is 42.8 Å². The molecule has 0 amide bonds. The molecule has 0 unspecified atom stereocenters. The van der Waals surface area contributed by atoms with Gasteiger partial charge < -0.3 is 14.4 Å². The summed E-state index contributed by atoms with van der Waals surface area (Å²) in [6.07, 6.45) is 3.70. The molecule has 0 spiro atoms. The van der Waals surface area contributed by atoms with Gasteiger partial charge in [0, 0.05) is 44.8 Å². The minimum atomic E-state index is -0.812. The molecule has 0 aliphatic rings. The van der Waals surface area contributed by atoms with E-state index in [-0.39, 0.29) is 20.1 Å². The van der Waals surface area contributed by atoms with E-state index in [0.717, 1.165) is 76.4 Å². The molecule has 0 bridgehead atoms.